The van der Waals surface area contributed by atoms with Gasteiger partial charge in [0.1, 0.15) is 11.4 Å². The van der Waals surface area contributed by atoms with Gasteiger partial charge in [-0.2, -0.15) is 0 Å². The van der Waals surface area contributed by atoms with Gasteiger partial charge >= 0.3 is 5.97 Å². The summed E-state index contributed by atoms with van der Waals surface area (Å²) >= 11 is 0. The van der Waals surface area contributed by atoms with Crippen molar-refractivity contribution in [3.63, 3.8) is 0 Å². The average molecular weight is 394 g/mol. The second kappa shape index (κ2) is 9.17. The van der Waals surface area contributed by atoms with Crippen molar-refractivity contribution < 1.29 is 14.6 Å². The van der Waals surface area contributed by atoms with Crippen molar-refractivity contribution in [2.45, 2.75) is 52.1 Å². The summed E-state index contributed by atoms with van der Waals surface area (Å²) in [5, 5.41) is 11.0. The van der Waals surface area contributed by atoms with Gasteiger partial charge in [-0.3, -0.25) is 0 Å². The van der Waals surface area contributed by atoms with E-state index < -0.39 is 11.6 Å². The fourth-order valence-corrected chi connectivity index (χ4v) is 3.97. The van der Waals surface area contributed by atoms with Crippen LogP contribution >= 0.6 is 0 Å². The van der Waals surface area contributed by atoms with Crippen LogP contribution in [-0.4, -0.2) is 23.2 Å². The zero-order valence-electron chi connectivity index (χ0n) is 17.6. The van der Waals surface area contributed by atoms with Gasteiger partial charge in [-0.05, 0) is 42.9 Å². The Hall–Kier alpha value is -2.75. The first kappa shape index (κ1) is 21.0. The van der Waals surface area contributed by atoms with E-state index in [1.54, 1.807) is 0 Å². The fraction of sp³-hybridized carbons (Fsp3) is 0.400. The predicted molar refractivity (Wildman–Crippen MR) is 117 cm³/mol. The number of anilines is 1. The first-order valence-corrected chi connectivity index (χ1v) is 10.5. The fourth-order valence-electron chi connectivity index (χ4n) is 3.97. The molecule has 0 aromatic heterocycles. The molecule has 1 aliphatic rings. The van der Waals surface area contributed by atoms with Crippen LogP contribution < -0.4 is 4.90 Å². The van der Waals surface area contributed by atoms with Crippen LogP contribution in [-0.2, 0) is 16.0 Å². The highest BCUT2D eigenvalue weighted by atomic mass is 16.6. The predicted octanol–water partition coefficient (Wildman–Crippen LogP) is 5.65. The molecule has 0 saturated heterocycles. The number of rotatable bonds is 8. The van der Waals surface area contributed by atoms with E-state index in [2.05, 4.69) is 32.9 Å². The number of hydrogen-bond donors (Lipinski definition) is 1. The molecule has 0 spiro atoms. The molecule has 154 valence electrons. The van der Waals surface area contributed by atoms with Gasteiger partial charge in [0, 0.05) is 18.7 Å². The lowest BCUT2D eigenvalue weighted by molar-refractivity contribution is -0.166. The molecule has 0 radical (unpaired) electrons. The number of hydrogen-bond acceptors (Lipinski definition) is 4. The van der Waals surface area contributed by atoms with Gasteiger partial charge in [-0.1, -0.05) is 69.3 Å². The summed E-state index contributed by atoms with van der Waals surface area (Å²) in [6, 6.07) is 19.9. The molecule has 1 atom stereocenters. The molecule has 1 N–H and O–H groups in total. The van der Waals surface area contributed by atoms with Crippen LogP contribution in [0, 0.1) is 5.92 Å². The first-order chi connectivity index (χ1) is 14.0. The maximum atomic E-state index is 13.1. The van der Waals surface area contributed by atoms with E-state index in [1.165, 1.54) is 5.56 Å². The van der Waals surface area contributed by atoms with E-state index in [4.69, 9.17) is 4.74 Å². The number of aliphatic hydroxyl groups excluding tert-OH is 1. The van der Waals surface area contributed by atoms with Crippen molar-refractivity contribution in [1.82, 2.24) is 0 Å². The topological polar surface area (TPSA) is 49.8 Å². The number of esters is 1. The summed E-state index contributed by atoms with van der Waals surface area (Å²) in [5.41, 5.74) is 1.66. The lowest BCUT2D eigenvalue weighted by atomic mass is 9.79. The number of para-hydroxylation sites is 1. The number of carbonyl (C=O) groups excluding carboxylic acids is 1. The van der Waals surface area contributed by atoms with Gasteiger partial charge in [-0.15, -0.1) is 0 Å². The van der Waals surface area contributed by atoms with Crippen LogP contribution in [0.15, 0.2) is 72.1 Å². The third-order valence-corrected chi connectivity index (χ3v) is 5.75. The summed E-state index contributed by atoms with van der Waals surface area (Å²) in [5.74, 6) is -0.219. The smallest absolute Gasteiger partial charge is 0.359 e. The van der Waals surface area contributed by atoms with E-state index >= 15 is 0 Å². The van der Waals surface area contributed by atoms with Crippen molar-refractivity contribution >= 4 is 11.7 Å². The van der Waals surface area contributed by atoms with Gasteiger partial charge in [0.2, 0.25) is 0 Å². The van der Waals surface area contributed by atoms with E-state index in [0.717, 1.165) is 18.5 Å². The zero-order chi connectivity index (χ0) is 20.9. The largest absolute Gasteiger partial charge is 0.510 e. The van der Waals surface area contributed by atoms with E-state index in [1.807, 2.05) is 53.4 Å². The third-order valence-electron chi connectivity index (χ3n) is 5.75. The number of aryl methyl sites for hydroxylation is 1. The molecule has 0 aliphatic carbocycles. The quantitative estimate of drug-likeness (QED) is 0.589. The minimum Gasteiger partial charge on any atom is -0.510 e. The first-order valence-electron chi connectivity index (χ1n) is 10.5. The second-order valence-corrected chi connectivity index (χ2v) is 8.05. The molecule has 0 bridgehead atoms. The van der Waals surface area contributed by atoms with E-state index in [-0.39, 0.29) is 17.4 Å². The molecule has 4 heteroatoms. The van der Waals surface area contributed by atoms with Crippen molar-refractivity contribution in [1.29, 1.82) is 0 Å². The van der Waals surface area contributed by atoms with Gasteiger partial charge < -0.3 is 14.7 Å². The van der Waals surface area contributed by atoms with Crippen molar-refractivity contribution in [2.75, 3.05) is 11.4 Å². The molecule has 2 aromatic carbocycles. The lowest BCUT2D eigenvalue weighted by Gasteiger charge is -2.42. The molecule has 29 heavy (non-hydrogen) atoms. The summed E-state index contributed by atoms with van der Waals surface area (Å²) in [6.07, 6.45) is 2.66. The highest BCUT2D eigenvalue weighted by Crippen LogP contribution is 2.40. The summed E-state index contributed by atoms with van der Waals surface area (Å²) < 4.78 is 6.09. The Morgan fingerprint density at radius 1 is 1.07 bits per heavy atom. The molecule has 0 fully saturated rings. The SMILES string of the molecule is CCCN(C1=C(O)C[C@](CCc2ccccc2)(C(C)C)OC1=O)c1ccccc1. The van der Waals surface area contributed by atoms with Crippen LogP contribution in [0.1, 0.15) is 45.6 Å². The highest BCUT2D eigenvalue weighted by molar-refractivity contribution is 5.94. The Labute approximate surface area is 173 Å². The second-order valence-electron chi connectivity index (χ2n) is 8.05. The van der Waals surface area contributed by atoms with Crippen LogP contribution in [0.2, 0.25) is 0 Å². The van der Waals surface area contributed by atoms with Crippen LogP contribution in [0.4, 0.5) is 5.69 Å². The highest BCUT2D eigenvalue weighted by Gasteiger charge is 2.45. The Morgan fingerprint density at radius 2 is 1.69 bits per heavy atom. The molecule has 3 rings (SSSR count). The Morgan fingerprint density at radius 3 is 2.24 bits per heavy atom. The molecular weight excluding hydrogens is 362 g/mol. The lowest BCUT2D eigenvalue weighted by Crippen LogP contribution is -2.47. The molecule has 0 amide bonds. The number of nitrogens with zero attached hydrogens (tertiary/aromatic N) is 1. The van der Waals surface area contributed by atoms with Gasteiger partial charge in [0.25, 0.3) is 0 Å². The van der Waals surface area contributed by atoms with Crippen LogP contribution in [0.3, 0.4) is 0 Å². The average Bonchev–Trinajstić information content (AvgIpc) is 2.72. The summed E-state index contributed by atoms with van der Waals surface area (Å²) in [6.45, 7) is 6.80. The molecular formula is C25H31NO3. The van der Waals surface area contributed by atoms with Gasteiger partial charge in [-0.25, -0.2) is 4.79 Å². The summed E-state index contributed by atoms with van der Waals surface area (Å²) in [7, 11) is 0. The number of ether oxygens (including phenoxy) is 1. The standard InChI is InChI=1S/C25H31NO3/c1-4-17-26(21-13-9-6-10-14-21)23-22(27)18-25(19(2)3,29-24(23)28)16-15-20-11-7-5-8-12-20/h5-14,19,27H,4,15-18H2,1-3H3/t25-/m1/s1. The Kier molecular flexibility index (Phi) is 6.63. The number of cyclic esters (lactones) is 1. The van der Waals surface area contributed by atoms with E-state index in [0.29, 0.717) is 19.4 Å². The Balaban J connectivity index is 1.90. The normalized spacial score (nSPS) is 19.4. The Bertz CT molecular complexity index is 845. The van der Waals surface area contributed by atoms with Crippen LogP contribution in [0.5, 0.6) is 0 Å². The number of carbonyl (C=O) groups is 1. The number of benzene rings is 2. The molecule has 0 saturated carbocycles. The van der Waals surface area contributed by atoms with Crippen molar-refractivity contribution in [3.05, 3.63) is 77.7 Å². The minimum absolute atomic E-state index is 0.0928. The molecule has 4 nitrogen and oxygen atoms in total. The molecule has 1 aliphatic heterocycles. The van der Waals surface area contributed by atoms with Gasteiger partial charge in [0.15, 0.2) is 5.70 Å². The van der Waals surface area contributed by atoms with Crippen molar-refractivity contribution in [3.8, 4) is 0 Å². The monoisotopic (exact) mass is 393 g/mol. The van der Waals surface area contributed by atoms with Gasteiger partial charge in [0.05, 0.1) is 0 Å². The minimum atomic E-state index is -0.699. The molecule has 1 heterocycles. The number of aliphatic hydroxyl groups is 1. The molecule has 0 unspecified atom stereocenters. The maximum Gasteiger partial charge on any atom is 0.359 e. The summed E-state index contributed by atoms with van der Waals surface area (Å²) in [4.78, 5) is 15.0. The maximum absolute atomic E-state index is 13.1. The zero-order valence-corrected chi connectivity index (χ0v) is 17.6. The third kappa shape index (κ3) is 4.64. The molecule has 2 aromatic rings. The van der Waals surface area contributed by atoms with Crippen molar-refractivity contribution in [2.24, 2.45) is 5.92 Å². The van der Waals surface area contributed by atoms with E-state index in [9.17, 15) is 9.90 Å². The van der Waals surface area contributed by atoms with Crippen LogP contribution in [0.25, 0.3) is 0 Å².